The minimum Gasteiger partial charge on any atom is -0.244 e. The molecule has 1 heterocycles. The van der Waals surface area contributed by atoms with Crippen LogP contribution in [0.4, 0.5) is 13.2 Å². The molecular weight excluding hydrogens is 365 g/mol. The molecule has 24 heavy (non-hydrogen) atoms. The number of benzene rings is 1. The Morgan fingerprint density at radius 3 is 2.38 bits per heavy atom. The van der Waals surface area contributed by atoms with Gasteiger partial charge in [-0.1, -0.05) is 29.8 Å². The van der Waals surface area contributed by atoms with Crippen molar-refractivity contribution in [3.05, 3.63) is 63.6 Å². The Morgan fingerprint density at radius 2 is 1.88 bits per heavy atom. The maximum atomic E-state index is 12.5. The Morgan fingerprint density at radius 1 is 1.21 bits per heavy atom. The fourth-order valence-electron chi connectivity index (χ4n) is 1.72. The molecule has 0 aliphatic rings. The van der Waals surface area contributed by atoms with Gasteiger partial charge in [-0.3, -0.25) is 0 Å². The highest BCUT2D eigenvalue weighted by Crippen LogP contribution is 2.30. The van der Waals surface area contributed by atoms with Crippen molar-refractivity contribution in [3.63, 3.8) is 0 Å². The Kier molecular flexibility index (Phi) is 4.96. The molecule has 0 saturated heterocycles. The van der Waals surface area contributed by atoms with Crippen molar-refractivity contribution >= 4 is 27.5 Å². The molecule has 0 fully saturated rings. The molecule has 0 N–H and O–H groups in total. The third-order valence-corrected chi connectivity index (χ3v) is 4.86. The lowest BCUT2D eigenvalue weighted by molar-refractivity contribution is -0.137. The van der Waals surface area contributed by atoms with Gasteiger partial charge in [0.05, 0.1) is 5.56 Å². The van der Waals surface area contributed by atoms with Gasteiger partial charge in [0.15, 0.2) is 9.93 Å². The van der Waals surface area contributed by atoms with Gasteiger partial charge >= 0.3 is 6.18 Å². The van der Waals surface area contributed by atoms with E-state index >= 15 is 0 Å². The zero-order valence-electron chi connectivity index (χ0n) is 11.7. The topological polar surface area (TPSA) is 70.8 Å². The summed E-state index contributed by atoms with van der Waals surface area (Å²) >= 11 is 5.90. The van der Waals surface area contributed by atoms with Gasteiger partial charge in [0.1, 0.15) is 6.07 Å². The van der Waals surface area contributed by atoms with Crippen LogP contribution in [0.25, 0.3) is 6.08 Å². The first-order valence-corrected chi connectivity index (χ1v) is 8.17. The number of halogens is 4. The number of allylic oxidation sites excluding steroid dienone is 1. The van der Waals surface area contributed by atoms with Crippen molar-refractivity contribution in [2.24, 2.45) is 0 Å². The highest BCUT2D eigenvalue weighted by atomic mass is 35.5. The summed E-state index contributed by atoms with van der Waals surface area (Å²) in [4.78, 5) is 2.64. The summed E-state index contributed by atoms with van der Waals surface area (Å²) in [5, 5.41) is 8.68. The molecule has 0 atom stereocenters. The zero-order valence-corrected chi connectivity index (χ0v) is 13.3. The normalized spacial score (nSPS) is 12.7. The summed E-state index contributed by atoms with van der Waals surface area (Å²) in [5.74, 6) is 0. The van der Waals surface area contributed by atoms with Crippen molar-refractivity contribution in [1.29, 1.82) is 5.26 Å². The van der Waals surface area contributed by atoms with E-state index in [0.29, 0.717) is 18.3 Å². The fourth-order valence-corrected chi connectivity index (χ4v) is 2.98. The second-order valence-electron chi connectivity index (χ2n) is 4.53. The van der Waals surface area contributed by atoms with Crippen molar-refractivity contribution in [3.8, 4) is 6.07 Å². The predicted molar refractivity (Wildman–Crippen MR) is 81.5 cm³/mol. The van der Waals surface area contributed by atoms with E-state index in [0.717, 1.165) is 6.08 Å². The van der Waals surface area contributed by atoms with Crippen LogP contribution in [0.5, 0.6) is 0 Å². The standard InChI is InChI=1S/C15H8ClF3N2O2S/c16-13-4-2-1-3-10(13)7-12(8-20)24(22,23)14-6-5-11(9-21-14)15(17,18)19/h1-7,9H/b12-7-. The Labute approximate surface area is 140 Å². The van der Waals surface area contributed by atoms with E-state index in [2.05, 4.69) is 4.98 Å². The van der Waals surface area contributed by atoms with Crippen molar-refractivity contribution in [2.45, 2.75) is 11.2 Å². The molecule has 2 rings (SSSR count). The first-order chi connectivity index (χ1) is 11.2. The van der Waals surface area contributed by atoms with Crippen LogP contribution in [0, 0.1) is 11.3 Å². The van der Waals surface area contributed by atoms with Crippen LogP contribution in [0.2, 0.25) is 5.02 Å². The molecule has 0 saturated carbocycles. The Balaban J connectivity index is 2.49. The summed E-state index contributed by atoms with van der Waals surface area (Å²) in [6, 6.07) is 9.02. The number of sulfone groups is 1. The summed E-state index contributed by atoms with van der Waals surface area (Å²) in [5.41, 5.74) is -0.804. The van der Waals surface area contributed by atoms with E-state index in [4.69, 9.17) is 16.9 Å². The van der Waals surface area contributed by atoms with Gasteiger partial charge in [-0.25, -0.2) is 13.4 Å². The van der Waals surface area contributed by atoms with Crippen LogP contribution >= 0.6 is 11.6 Å². The molecule has 124 valence electrons. The molecule has 1 aromatic carbocycles. The summed E-state index contributed by atoms with van der Waals surface area (Å²) in [6.45, 7) is 0. The summed E-state index contributed by atoms with van der Waals surface area (Å²) < 4.78 is 62.2. The van der Waals surface area contributed by atoms with Crippen molar-refractivity contribution in [1.82, 2.24) is 4.98 Å². The van der Waals surface area contributed by atoms with Gasteiger partial charge in [-0.05, 0) is 29.8 Å². The maximum Gasteiger partial charge on any atom is 0.417 e. The van der Waals surface area contributed by atoms with Gasteiger partial charge in [0.25, 0.3) is 0 Å². The third kappa shape index (κ3) is 3.75. The smallest absolute Gasteiger partial charge is 0.244 e. The van der Waals surface area contributed by atoms with Crippen LogP contribution in [-0.4, -0.2) is 13.4 Å². The first-order valence-electron chi connectivity index (χ1n) is 6.31. The maximum absolute atomic E-state index is 12.5. The van der Waals surface area contributed by atoms with E-state index in [-0.39, 0.29) is 10.6 Å². The molecule has 0 aliphatic carbocycles. The Bertz CT molecular complexity index is 930. The lowest BCUT2D eigenvalue weighted by atomic mass is 10.2. The van der Waals surface area contributed by atoms with E-state index in [1.165, 1.54) is 18.2 Å². The minimum absolute atomic E-state index is 0.223. The molecule has 0 bridgehead atoms. The molecule has 2 aromatic rings. The first kappa shape index (κ1) is 18.0. The number of pyridine rings is 1. The molecule has 0 spiro atoms. The number of alkyl halides is 3. The van der Waals surface area contributed by atoms with Gasteiger partial charge < -0.3 is 0 Å². The molecule has 0 amide bonds. The minimum atomic E-state index is -4.64. The second kappa shape index (κ2) is 6.63. The number of aromatic nitrogens is 1. The molecule has 4 nitrogen and oxygen atoms in total. The van der Waals surface area contributed by atoms with Gasteiger partial charge in [0, 0.05) is 11.2 Å². The molecule has 9 heteroatoms. The average Bonchev–Trinajstić information content (AvgIpc) is 2.53. The molecule has 0 unspecified atom stereocenters. The van der Waals surface area contributed by atoms with Crippen molar-refractivity contribution < 1.29 is 21.6 Å². The van der Waals surface area contributed by atoms with Gasteiger partial charge in [0.2, 0.25) is 9.84 Å². The molecule has 0 aliphatic heterocycles. The van der Waals surface area contributed by atoms with Gasteiger partial charge in [-0.15, -0.1) is 0 Å². The quantitative estimate of drug-likeness (QED) is 0.761. The largest absolute Gasteiger partial charge is 0.417 e. The summed E-state index contributed by atoms with van der Waals surface area (Å²) in [6.07, 6.45) is -3.20. The van der Waals surface area contributed by atoms with Crippen LogP contribution in [-0.2, 0) is 16.0 Å². The second-order valence-corrected chi connectivity index (χ2v) is 6.80. The van der Waals surface area contributed by atoms with E-state index in [1.807, 2.05) is 0 Å². The highest BCUT2D eigenvalue weighted by molar-refractivity contribution is 7.95. The van der Waals surface area contributed by atoms with Crippen molar-refractivity contribution in [2.75, 3.05) is 0 Å². The van der Waals surface area contributed by atoms with E-state index in [9.17, 15) is 21.6 Å². The SMILES string of the molecule is N#C/C(=C/c1ccccc1Cl)S(=O)(=O)c1ccc(C(F)(F)F)cn1. The number of hydrogen-bond donors (Lipinski definition) is 0. The fraction of sp³-hybridized carbons (Fsp3) is 0.0667. The lowest BCUT2D eigenvalue weighted by Gasteiger charge is -2.07. The molecule has 1 aromatic heterocycles. The Hall–Kier alpha value is -2.37. The number of hydrogen-bond acceptors (Lipinski definition) is 4. The van der Waals surface area contributed by atoms with Crippen LogP contribution in [0.15, 0.2) is 52.5 Å². The van der Waals surface area contributed by atoms with Crippen LogP contribution in [0.1, 0.15) is 11.1 Å². The molecular formula is C15H8ClF3N2O2S. The van der Waals surface area contributed by atoms with Gasteiger partial charge in [-0.2, -0.15) is 18.4 Å². The predicted octanol–water partition coefficient (Wildman–Crippen LogP) is 4.09. The van der Waals surface area contributed by atoms with Crippen LogP contribution in [0.3, 0.4) is 0 Å². The third-order valence-electron chi connectivity index (χ3n) is 2.93. The van der Waals surface area contributed by atoms with E-state index in [1.54, 1.807) is 12.1 Å². The molecule has 0 radical (unpaired) electrons. The zero-order chi connectivity index (χ0) is 18.0. The lowest BCUT2D eigenvalue weighted by Crippen LogP contribution is -2.09. The average molecular weight is 373 g/mol. The number of nitriles is 1. The monoisotopic (exact) mass is 372 g/mol. The van der Waals surface area contributed by atoms with Crippen LogP contribution < -0.4 is 0 Å². The van der Waals surface area contributed by atoms with E-state index < -0.39 is 31.5 Å². The number of rotatable bonds is 3. The summed E-state index contributed by atoms with van der Waals surface area (Å²) in [7, 11) is -4.37. The number of nitrogens with zero attached hydrogens (tertiary/aromatic N) is 2. The highest BCUT2D eigenvalue weighted by Gasteiger charge is 2.32.